The van der Waals surface area contributed by atoms with Crippen LogP contribution >= 0.6 is 0 Å². The van der Waals surface area contributed by atoms with Crippen molar-refractivity contribution in [3.8, 4) is 16.9 Å². The highest BCUT2D eigenvalue weighted by molar-refractivity contribution is 5.92. The zero-order valence-electron chi connectivity index (χ0n) is 20.6. The predicted octanol–water partition coefficient (Wildman–Crippen LogP) is 4.90. The number of hydrogen-bond donors (Lipinski definition) is 1. The Balaban J connectivity index is 1.95. The Bertz CT molecular complexity index is 1070. The smallest absolute Gasteiger partial charge is 0.143 e. The number of nitrogens with zero attached hydrogens (tertiary/aromatic N) is 2. The molecule has 3 aromatic carbocycles. The van der Waals surface area contributed by atoms with Crippen molar-refractivity contribution in [3.63, 3.8) is 0 Å². The Kier molecular flexibility index (Phi) is 9.44. The monoisotopic (exact) mass is 457 g/mol. The SMILES string of the molecule is CN(C)CCNc1ccc(C(=CC=O)c2cc(-c3ccccc3)ccc2OCCN(C)C)cc1. The third-order valence-corrected chi connectivity index (χ3v) is 5.49. The molecule has 0 atom stereocenters. The molecule has 3 aromatic rings. The fourth-order valence-electron chi connectivity index (χ4n) is 3.62. The lowest BCUT2D eigenvalue weighted by molar-refractivity contribution is -0.104. The second kappa shape index (κ2) is 12.7. The Hall–Kier alpha value is -3.41. The minimum atomic E-state index is 0.563. The van der Waals surface area contributed by atoms with Crippen LogP contribution in [0.3, 0.4) is 0 Å². The molecule has 0 unspecified atom stereocenters. The van der Waals surface area contributed by atoms with Crippen LogP contribution < -0.4 is 10.1 Å². The molecule has 34 heavy (non-hydrogen) atoms. The third-order valence-electron chi connectivity index (χ3n) is 5.49. The zero-order valence-corrected chi connectivity index (χ0v) is 20.6. The molecule has 3 rings (SSSR count). The summed E-state index contributed by atoms with van der Waals surface area (Å²) in [6.45, 7) is 3.19. The molecule has 0 spiro atoms. The maximum Gasteiger partial charge on any atom is 0.143 e. The maximum atomic E-state index is 11.7. The van der Waals surface area contributed by atoms with Crippen LogP contribution in [0.25, 0.3) is 16.7 Å². The van der Waals surface area contributed by atoms with E-state index in [1.54, 1.807) is 6.08 Å². The highest BCUT2D eigenvalue weighted by Gasteiger charge is 2.14. The number of aldehydes is 1. The molecule has 0 saturated heterocycles. The van der Waals surface area contributed by atoms with Crippen LogP contribution in [-0.4, -0.2) is 70.5 Å². The van der Waals surface area contributed by atoms with Gasteiger partial charge < -0.3 is 19.9 Å². The van der Waals surface area contributed by atoms with Gasteiger partial charge in [0.25, 0.3) is 0 Å². The maximum absolute atomic E-state index is 11.7. The van der Waals surface area contributed by atoms with Gasteiger partial charge in [0, 0.05) is 30.9 Å². The number of benzene rings is 3. The molecule has 0 aliphatic heterocycles. The molecule has 0 radical (unpaired) electrons. The summed E-state index contributed by atoms with van der Waals surface area (Å²) in [5.74, 6) is 0.766. The topological polar surface area (TPSA) is 44.8 Å². The minimum absolute atomic E-state index is 0.563. The molecule has 178 valence electrons. The van der Waals surface area contributed by atoms with Gasteiger partial charge in [-0.3, -0.25) is 4.79 Å². The van der Waals surface area contributed by atoms with Gasteiger partial charge in [-0.15, -0.1) is 0 Å². The van der Waals surface area contributed by atoms with E-state index in [2.05, 4.69) is 65.6 Å². The van der Waals surface area contributed by atoms with Crippen molar-refractivity contribution in [2.45, 2.75) is 0 Å². The van der Waals surface area contributed by atoms with Gasteiger partial charge in [0.15, 0.2) is 0 Å². The number of carbonyl (C=O) groups is 1. The van der Waals surface area contributed by atoms with E-state index in [1.807, 2.05) is 50.5 Å². The first-order chi connectivity index (χ1) is 16.5. The third kappa shape index (κ3) is 7.30. The average Bonchev–Trinajstić information content (AvgIpc) is 2.83. The normalized spacial score (nSPS) is 11.6. The van der Waals surface area contributed by atoms with E-state index in [-0.39, 0.29) is 0 Å². The Morgan fingerprint density at radius 3 is 2.21 bits per heavy atom. The zero-order chi connectivity index (χ0) is 24.3. The molecule has 0 aliphatic carbocycles. The van der Waals surface area contributed by atoms with Crippen molar-refractivity contribution in [2.24, 2.45) is 0 Å². The first-order valence-corrected chi connectivity index (χ1v) is 11.6. The molecule has 5 heteroatoms. The van der Waals surface area contributed by atoms with Gasteiger partial charge in [0.1, 0.15) is 18.6 Å². The lowest BCUT2D eigenvalue weighted by Gasteiger charge is -2.18. The van der Waals surface area contributed by atoms with Gasteiger partial charge >= 0.3 is 0 Å². The van der Waals surface area contributed by atoms with Crippen LogP contribution in [0.1, 0.15) is 11.1 Å². The highest BCUT2D eigenvalue weighted by atomic mass is 16.5. The van der Waals surface area contributed by atoms with E-state index in [0.717, 1.165) is 65.2 Å². The number of anilines is 1. The van der Waals surface area contributed by atoms with Crippen molar-refractivity contribution in [2.75, 3.05) is 59.7 Å². The summed E-state index contributed by atoms with van der Waals surface area (Å²) in [6.07, 6.45) is 2.47. The number of likely N-dealkylation sites (N-methyl/N-ethyl adjacent to an activating group) is 2. The van der Waals surface area contributed by atoms with Crippen LogP contribution in [0.2, 0.25) is 0 Å². The van der Waals surface area contributed by atoms with Crippen LogP contribution in [0.4, 0.5) is 5.69 Å². The lowest BCUT2D eigenvalue weighted by atomic mass is 9.93. The average molecular weight is 458 g/mol. The molecule has 1 N–H and O–H groups in total. The summed E-state index contributed by atoms with van der Waals surface area (Å²) >= 11 is 0. The van der Waals surface area contributed by atoms with E-state index in [0.29, 0.717) is 6.61 Å². The van der Waals surface area contributed by atoms with Gasteiger partial charge in [0.05, 0.1) is 0 Å². The van der Waals surface area contributed by atoms with E-state index in [1.165, 1.54) is 0 Å². The number of nitrogens with one attached hydrogen (secondary N) is 1. The molecule has 0 heterocycles. The summed E-state index contributed by atoms with van der Waals surface area (Å²) < 4.78 is 6.17. The second-order valence-corrected chi connectivity index (χ2v) is 8.75. The molecular formula is C29H35N3O2. The van der Waals surface area contributed by atoms with Gasteiger partial charge in [-0.05, 0) is 80.8 Å². The van der Waals surface area contributed by atoms with E-state index in [4.69, 9.17) is 4.74 Å². The van der Waals surface area contributed by atoms with E-state index < -0.39 is 0 Å². The second-order valence-electron chi connectivity index (χ2n) is 8.75. The number of rotatable bonds is 12. The summed E-state index contributed by atoms with van der Waals surface area (Å²) in [5, 5.41) is 3.43. The first kappa shape index (κ1) is 25.2. The minimum Gasteiger partial charge on any atom is -0.492 e. The molecule has 0 aromatic heterocycles. The number of allylic oxidation sites excluding steroid dienone is 1. The van der Waals surface area contributed by atoms with Crippen molar-refractivity contribution in [3.05, 3.63) is 90.0 Å². The fourth-order valence-corrected chi connectivity index (χ4v) is 3.62. The Labute approximate surface area is 203 Å². The van der Waals surface area contributed by atoms with Crippen molar-refractivity contribution in [1.29, 1.82) is 0 Å². The molecular weight excluding hydrogens is 422 g/mol. The molecule has 0 bridgehead atoms. The van der Waals surface area contributed by atoms with Crippen LogP contribution in [-0.2, 0) is 4.79 Å². The van der Waals surface area contributed by atoms with Crippen LogP contribution in [0.15, 0.2) is 78.9 Å². The molecule has 5 nitrogen and oxygen atoms in total. The first-order valence-electron chi connectivity index (χ1n) is 11.6. The number of carbonyl (C=O) groups excluding carboxylic acids is 1. The molecule has 0 aliphatic rings. The molecule has 0 saturated carbocycles. The summed E-state index contributed by atoms with van der Waals surface area (Å²) in [6, 6.07) is 24.6. The largest absolute Gasteiger partial charge is 0.492 e. The van der Waals surface area contributed by atoms with Crippen LogP contribution in [0.5, 0.6) is 5.75 Å². The molecule has 0 fully saturated rings. The summed E-state index contributed by atoms with van der Waals surface area (Å²) in [4.78, 5) is 15.9. The number of hydrogen-bond acceptors (Lipinski definition) is 5. The van der Waals surface area contributed by atoms with Gasteiger partial charge in [-0.1, -0.05) is 48.5 Å². The lowest BCUT2D eigenvalue weighted by Crippen LogP contribution is -2.20. The van der Waals surface area contributed by atoms with E-state index in [9.17, 15) is 4.79 Å². The summed E-state index contributed by atoms with van der Waals surface area (Å²) in [7, 11) is 8.16. The highest BCUT2D eigenvalue weighted by Crippen LogP contribution is 2.35. The van der Waals surface area contributed by atoms with Gasteiger partial charge in [-0.25, -0.2) is 0 Å². The predicted molar refractivity (Wildman–Crippen MR) is 143 cm³/mol. The standard InChI is InChI=1S/C29H35N3O2/c1-31(2)18-17-30-26-13-10-24(11-14-26)27(16-20-33)28-22-25(23-8-6-5-7-9-23)12-15-29(28)34-21-19-32(3)4/h5-16,20,22,30H,17-19,21H2,1-4H3. The van der Waals surface area contributed by atoms with Crippen molar-refractivity contribution >= 4 is 17.5 Å². The van der Waals surface area contributed by atoms with Crippen molar-refractivity contribution in [1.82, 2.24) is 9.80 Å². The Morgan fingerprint density at radius 1 is 0.853 bits per heavy atom. The quantitative estimate of drug-likeness (QED) is 0.310. The summed E-state index contributed by atoms with van der Waals surface area (Å²) in [5.41, 5.74) is 5.96. The molecule has 0 amide bonds. The van der Waals surface area contributed by atoms with E-state index >= 15 is 0 Å². The van der Waals surface area contributed by atoms with Crippen LogP contribution in [0, 0.1) is 0 Å². The van der Waals surface area contributed by atoms with Gasteiger partial charge in [-0.2, -0.15) is 0 Å². The Morgan fingerprint density at radius 2 is 1.56 bits per heavy atom. The fraction of sp³-hybridized carbons (Fsp3) is 0.276. The number of ether oxygens (including phenoxy) is 1. The van der Waals surface area contributed by atoms with Crippen molar-refractivity contribution < 1.29 is 9.53 Å². The van der Waals surface area contributed by atoms with Gasteiger partial charge in [0.2, 0.25) is 0 Å².